The molecule has 0 aromatic heterocycles. The number of aliphatic carboxylic acids is 1. The number of carbonyl (C=O) groups excluding carboxylic acids is 1. The third-order valence-electron chi connectivity index (χ3n) is 5.27. The summed E-state index contributed by atoms with van der Waals surface area (Å²) in [5.74, 6) is 0.0858. The fraction of sp³-hybridized carbons (Fsp3) is 0.115. The highest BCUT2D eigenvalue weighted by atomic mass is 16.5. The third-order valence-corrected chi connectivity index (χ3v) is 5.27. The van der Waals surface area contributed by atoms with Gasteiger partial charge in [-0.2, -0.15) is 0 Å². The minimum atomic E-state index is -1.18. The van der Waals surface area contributed by atoms with Crippen LogP contribution in [0.25, 0.3) is 5.57 Å². The van der Waals surface area contributed by atoms with Crippen LogP contribution in [0.1, 0.15) is 22.3 Å². The Morgan fingerprint density at radius 1 is 1.03 bits per heavy atom. The third kappa shape index (κ3) is 4.52. The van der Waals surface area contributed by atoms with Crippen LogP contribution in [-0.2, 0) is 17.8 Å². The molecule has 5 nitrogen and oxygen atoms in total. The largest absolute Gasteiger partial charge is 0.593 e. The summed E-state index contributed by atoms with van der Waals surface area (Å²) in [6.07, 6.45) is 2.16. The summed E-state index contributed by atoms with van der Waals surface area (Å²) < 4.78 is 5.91. The molecule has 1 aliphatic heterocycles. The number of nitrogens with one attached hydrogen (secondary N) is 1. The Morgan fingerprint density at radius 3 is 2.39 bits per heavy atom. The van der Waals surface area contributed by atoms with E-state index in [-0.39, 0.29) is 18.7 Å². The predicted octanol–water partition coefficient (Wildman–Crippen LogP) is 2.91. The molecule has 0 bridgehead atoms. The molecule has 5 heteroatoms. The molecule has 0 fully saturated rings. The van der Waals surface area contributed by atoms with Crippen LogP contribution >= 0.6 is 0 Å². The second kappa shape index (κ2) is 8.90. The monoisotopic (exact) mass is 413 g/mol. The van der Waals surface area contributed by atoms with E-state index in [0.717, 1.165) is 22.3 Å². The van der Waals surface area contributed by atoms with Crippen molar-refractivity contribution in [1.82, 2.24) is 5.32 Å². The molecule has 0 radical (unpaired) electrons. The van der Waals surface area contributed by atoms with Crippen molar-refractivity contribution in [2.24, 2.45) is 0 Å². The van der Waals surface area contributed by atoms with Gasteiger partial charge in [0.25, 0.3) is 5.75 Å². The van der Waals surface area contributed by atoms with Crippen molar-refractivity contribution in [3.63, 3.8) is 0 Å². The van der Waals surface area contributed by atoms with Crippen LogP contribution in [0.3, 0.4) is 0 Å². The van der Waals surface area contributed by atoms with Crippen LogP contribution in [-0.4, -0.2) is 17.1 Å². The fourth-order valence-electron chi connectivity index (χ4n) is 3.70. The lowest BCUT2D eigenvalue weighted by Crippen LogP contribution is -2.46. The van der Waals surface area contributed by atoms with Crippen molar-refractivity contribution in [3.05, 3.63) is 113 Å². The maximum atomic E-state index is 11.7. The number of carboxylic acid groups (broad SMARTS) is 1. The number of carbonyl (C=O) groups is 1. The van der Waals surface area contributed by atoms with E-state index >= 15 is 0 Å². The standard InChI is InChI=1S/C26H23NO4/c1-17-14-21(19-10-6-3-7-11-19)20-12-13-24(28)22(25(20)31-17)16-27-23(26(29)30)15-18-8-4-2-5-9-18/h2-14,23,27-28H,1,15-16H2,(H,29,30)/t23-/m1/s1. The van der Waals surface area contributed by atoms with E-state index in [9.17, 15) is 9.90 Å². The molecule has 0 amide bonds. The average Bonchev–Trinajstić information content (AvgIpc) is 2.78. The van der Waals surface area contributed by atoms with Gasteiger partial charge in [0.2, 0.25) is 0 Å². The van der Waals surface area contributed by atoms with Gasteiger partial charge >= 0.3 is 0 Å². The summed E-state index contributed by atoms with van der Waals surface area (Å²) in [6, 6.07) is 21.9. The zero-order valence-corrected chi connectivity index (χ0v) is 16.9. The first kappa shape index (κ1) is 20.4. The first-order chi connectivity index (χ1) is 15.0. The Bertz CT molecular complexity index is 1140. The van der Waals surface area contributed by atoms with Gasteiger partial charge < -0.3 is 25.1 Å². The fourth-order valence-corrected chi connectivity index (χ4v) is 3.70. The average molecular weight is 413 g/mol. The predicted molar refractivity (Wildman–Crippen MR) is 119 cm³/mol. The highest BCUT2D eigenvalue weighted by Crippen LogP contribution is 2.42. The molecule has 0 aliphatic carbocycles. The molecule has 0 saturated carbocycles. The number of hydrogen-bond acceptors (Lipinski definition) is 4. The first-order valence-corrected chi connectivity index (χ1v) is 10.0. The smallest absolute Gasteiger partial charge is 0.262 e. The van der Waals surface area contributed by atoms with Gasteiger partial charge in [-0.3, -0.25) is 0 Å². The normalized spacial score (nSPS) is 13.7. The summed E-state index contributed by atoms with van der Waals surface area (Å²) in [4.78, 5) is 11.7. The number of fused-ring (bicyclic) bond motifs is 1. The van der Waals surface area contributed by atoms with E-state index in [1.165, 1.54) is 0 Å². The van der Waals surface area contributed by atoms with E-state index in [1.807, 2.05) is 72.8 Å². The second-order valence-corrected chi connectivity index (χ2v) is 7.40. The lowest BCUT2D eigenvalue weighted by atomic mass is 9.92. The zero-order valence-electron chi connectivity index (χ0n) is 16.9. The lowest BCUT2D eigenvalue weighted by Gasteiger charge is -2.24. The maximum Gasteiger partial charge on any atom is 0.262 e. The Labute approximate surface area is 180 Å². The van der Waals surface area contributed by atoms with E-state index in [2.05, 4.69) is 11.9 Å². The minimum Gasteiger partial charge on any atom is -0.593 e. The number of allylic oxidation sites excluding steroid dienone is 1. The van der Waals surface area contributed by atoms with Gasteiger partial charge in [0.15, 0.2) is 0 Å². The van der Waals surface area contributed by atoms with Crippen LogP contribution in [0.2, 0.25) is 0 Å². The molecule has 31 heavy (non-hydrogen) atoms. The van der Waals surface area contributed by atoms with Crippen LogP contribution in [0.15, 0.2) is 91.2 Å². The molecule has 3 N–H and O–H groups in total. The van der Waals surface area contributed by atoms with E-state index in [4.69, 9.17) is 9.84 Å². The molecule has 1 atom stereocenters. The lowest BCUT2D eigenvalue weighted by molar-refractivity contribution is -0.308. The Hall–Kier alpha value is -3.83. The maximum absolute atomic E-state index is 11.7. The van der Waals surface area contributed by atoms with Gasteiger partial charge in [-0.15, -0.1) is 0 Å². The van der Waals surface area contributed by atoms with Crippen LogP contribution < -0.4 is 15.2 Å². The Balaban J connectivity index is 1.63. The number of benzene rings is 3. The zero-order chi connectivity index (χ0) is 21.8. The summed E-state index contributed by atoms with van der Waals surface area (Å²) in [5, 5.41) is 23.1. The van der Waals surface area contributed by atoms with Gasteiger partial charge in [-0.1, -0.05) is 67.2 Å². The van der Waals surface area contributed by atoms with Crippen molar-refractivity contribution < 1.29 is 19.7 Å². The highest BCUT2D eigenvalue weighted by molar-refractivity contribution is 5.87. The number of rotatable bonds is 7. The van der Waals surface area contributed by atoms with Crippen molar-refractivity contribution in [1.29, 1.82) is 0 Å². The molecule has 3 aromatic carbocycles. The Morgan fingerprint density at radius 2 is 1.71 bits per heavy atom. The van der Waals surface area contributed by atoms with E-state index in [1.54, 1.807) is 6.07 Å². The summed E-state index contributed by atoms with van der Waals surface area (Å²) in [5.41, 5.74) is 4.29. The molecule has 1 aliphatic rings. The van der Waals surface area contributed by atoms with Crippen molar-refractivity contribution in [2.45, 2.75) is 19.0 Å². The number of hydrogen-bond donors (Lipinski definition) is 1. The summed E-state index contributed by atoms with van der Waals surface area (Å²) in [6.45, 7) is 4.11. The molecule has 4 rings (SSSR count). The topological polar surface area (TPSA) is 84.3 Å². The first-order valence-electron chi connectivity index (χ1n) is 10.0. The SMILES string of the molecule is C=C1C=C(c2ccccc2)c2ccc([OH2+])c(CN[C@H](Cc3ccccc3)C(=O)[O-])c2O1. The molecule has 0 saturated heterocycles. The Kier molecular flexibility index (Phi) is 5.87. The molecule has 0 unspecified atom stereocenters. The highest BCUT2D eigenvalue weighted by Gasteiger charge is 2.25. The van der Waals surface area contributed by atoms with Gasteiger partial charge in [0, 0.05) is 18.2 Å². The molecular formula is C26H23NO4. The van der Waals surface area contributed by atoms with Gasteiger partial charge in [-0.05, 0) is 35.3 Å². The second-order valence-electron chi connectivity index (χ2n) is 7.40. The van der Waals surface area contributed by atoms with Gasteiger partial charge in [0.1, 0.15) is 17.1 Å². The molecule has 156 valence electrons. The van der Waals surface area contributed by atoms with Crippen LogP contribution in [0.4, 0.5) is 0 Å². The van der Waals surface area contributed by atoms with Crippen molar-refractivity contribution in [2.75, 3.05) is 0 Å². The summed E-state index contributed by atoms with van der Waals surface area (Å²) in [7, 11) is 0. The van der Waals surface area contributed by atoms with Gasteiger partial charge in [0.05, 0.1) is 12.0 Å². The molecule has 3 aromatic rings. The minimum absolute atomic E-state index is 0.156. The van der Waals surface area contributed by atoms with Crippen LogP contribution in [0, 0.1) is 0 Å². The van der Waals surface area contributed by atoms with E-state index in [0.29, 0.717) is 17.1 Å². The molecule has 1 heterocycles. The summed E-state index contributed by atoms with van der Waals surface area (Å²) >= 11 is 0. The van der Waals surface area contributed by atoms with Crippen LogP contribution in [0.5, 0.6) is 11.5 Å². The number of carboxylic acids is 1. The van der Waals surface area contributed by atoms with E-state index < -0.39 is 12.0 Å². The quantitative estimate of drug-likeness (QED) is 0.604. The van der Waals surface area contributed by atoms with Crippen molar-refractivity contribution in [3.8, 4) is 11.5 Å². The molecule has 0 spiro atoms. The number of ether oxygens (including phenoxy) is 1. The van der Waals surface area contributed by atoms with Gasteiger partial charge in [-0.25, -0.2) is 0 Å². The molecular weight excluding hydrogens is 390 g/mol. The van der Waals surface area contributed by atoms with Crippen molar-refractivity contribution >= 4 is 11.5 Å².